The van der Waals surface area contributed by atoms with Crippen LogP contribution in [0.25, 0.3) is 0 Å². The van der Waals surface area contributed by atoms with Crippen molar-refractivity contribution >= 4 is 5.78 Å². The Morgan fingerprint density at radius 1 is 1.47 bits per heavy atom. The molecule has 0 heterocycles. The normalized spacial score (nSPS) is 12.9. The van der Waals surface area contributed by atoms with Crippen LogP contribution < -0.4 is 24.0 Å². The fourth-order valence-electron chi connectivity index (χ4n) is 1.19. The molecule has 15 heavy (non-hydrogen) atoms. The lowest BCUT2D eigenvalue weighted by Crippen LogP contribution is -3.00. The Morgan fingerprint density at radius 2 is 1.93 bits per heavy atom. The molecule has 0 N–H and O–H groups in total. The first-order valence-corrected chi connectivity index (χ1v) is 4.84. The van der Waals surface area contributed by atoms with Gasteiger partial charge >= 0.3 is 0 Å². The van der Waals surface area contributed by atoms with Crippen LogP contribution in [0.15, 0.2) is 12.2 Å². The zero-order valence-electron chi connectivity index (χ0n) is 10.3. The van der Waals surface area contributed by atoms with Crippen LogP contribution in [0, 0.1) is 0 Å². The Bertz CT molecular complexity index is 227. The molecule has 0 aliphatic carbocycles. The number of nitrogens with zero attached hydrogens (tertiary/aromatic N) is 1. The molecule has 1 atom stereocenters. The summed E-state index contributed by atoms with van der Waals surface area (Å²) >= 11 is 0. The molecule has 0 aromatic heterocycles. The van der Waals surface area contributed by atoms with Crippen molar-refractivity contribution in [1.82, 2.24) is 0 Å². The van der Waals surface area contributed by atoms with E-state index in [1.807, 2.05) is 21.0 Å². The van der Waals surface area contributed by atoms with Gasteiger partial charge in [0.2, 0.25) is 5.78 Å². The van der Waals surface area contributed by atoms with E-state index >= 15 is 0 Å². The first kappa shape index (κ1) is 17.5. The third kappa shape index (κ3) is 5.63. The highest BCUT2D eigenvalue weighted by atomic mass is 127. The smallest absolute Gasteiger partial charge is 0.214 e. The Hall–Kier alpha value is 0.0600. The fraction of sp³-hybridized carbons (Fsp3) is 0.727. The number of ketones is 1. The Balaban J connectivity index is 0. The summed E-state index contributed by atoms with van der Waals surface area (Å²) in [5.41, 5.74) is 0.626. The van der Waals surface area contributed by atoms with E-state index in [2.05, 4.69) is 6.58 Å². The topological polar surface area (TPSA) is 26.3 Å². The Labute approximate surface area is 110 Å². The summed E-state index contributed by atoms with van der Waals surface area (Å²) in [6.45, 7) is 8.87. The van der Waals surface area contributed by atoms with Crippen molar-refractivity contribution in [3.8, 4) is 0 Å². The van der Waals surface area contributed by atoms with Gasteiger partial charge in [0, 0.05) is 7.11 Å². The molecule has 0 aliphatic rings. The van der Waals surface area contributed by atoms with Crippen LogP contribution in [0.3, 0.4) is 0 Å². The molecule has 0 spiro atoms. The molecule has 0 saturated heterocycles. The largest absolute Gasteiger partial charge is 1.00 e. The van der Waals surface area contributed by atoms with Gasteiger partial charge in [-0.05, 0) is 19.4 Å². The first-order chi connectivity index (χ1) is 6.33. The summed E-state index contributed by atoms with van der Waals surface area (Å²) in [7, 11) is 5.74. The quantitative estimate of drug-likeness (QED) is 0.329. The summed E-state index contributed by atoms with van der Waals surface area (Å²) < 4.78 is 5.66. The summed E-state index contributed by atoms with van der Waals surface area (Å²) in [4.78, 5) is 11.7. The number of rotatable bonds is 6. The van der Waals surface area contributed by atoms with Gasteiger partial charge in [-0.25, -0.2) is 0 Å². The van der Waals surface area contributed by atoms with Crippen molar-refractivity contribution in [2.45, 2.75) is 19.9 Å². The minimum atomic E-state index is -0.0531. The van der Waals surface area contributed by atoms with E-state index in [4.69, 9.17) is 4.74 Å². The highest BCUT2D eigenvalue weighted by Gasteiger charge is 2.30. The van der Waals surface area contributed by atoms with Gasteiger partial charge in [-0.2, -0.15) is 0 Å². The van der Waals surface area contributed by atoms with E-state index in [1.165, 1.54) is 0 Å². The molecular formula is C11H22INO2. The maximum atomic E-state index is 11.7. The van der Waals surface area contributed by atoms with Crippen molar-refractivity contribution in [3.05, 3.63) is 12.2 Å². The van der Waals surface area contributed by atoms with Gasteiger partial charge in [-0.15, -0.1) is 0 Å². The zero-order valence-corrected chi connectivity index (χ0v) is 12.5. The lowest BCUT2D eigenvalue weighted by atomic mass is 10.1. The second-order valence-electron chi connectivity index (χ2n) is 4.32. The van der Waals surface area contributed by atoms with Gasteiger partial charge in [0.15, 0.2) is 0 Å². The van der Waals surface area contributed by atoms with E-state index in [1.54, 1.807) is 14.0 Å². The minimum absolute atomic E-state index is 0. The highest BCUT2D eigenvalue weighted by Crippen LogP contribution is 2.10. The lowest BCUT2D eigenvalue weighted by molar-refractivity contribution is -0.904. The molecule has 0 bridgehead atoms. The Morgan fingerprint density at radius 3 is 2.27 bits per heavy atom. The molecule has 0 aromatic rings. The standard InChI is InChI=1S/C11H22NO2.HI/c1-9(2)11(13)10(3)12(4,5)7-8-14-6;/h10H,1,7-8H2,2-6H3;1H/q+1;/p-1. The molecule has 90 valence electrons. The summed E-state index contributed by atoms with van der Waals surface area (Å²) in [6.07, 6.45) is 0. The minimum Gasteiger partial charge on any atom is -1.00 e. The van der Waals surface area contributed by atoms with Crippen LogP contribution >= 0.6 is 0 Å². The van der Waals surface area contributed by atoms with Gasteiger partial charge in [0.1, 0.15) is 12.6 Å². The summed E-state index contributed by atoms with van der Waals surface area (Å²) in [6, 6.07) is -0.0531. The van der Waals surface area contributed by atoms with Crippen LogP contribution in [0.2, 0.25) is 0 Å². The number of carbonyl (C=O) groups is 1. The maximum absolute atomic E-state index is 11.7. The molecule has 0 aromatic carbocycles. The molecule has 0 aliphatic heterocycles. The summed E-state index contributed by atoms with van der Waals surface area (Å²) in [5, 5.41) is 0. The molecule has 0 amide bonds. The molecule has 0 rings (SSSR count). The number of halogens is 1. The average molecular weight is 327 g/mol. The van der Waals surface area contributed by atoms with Crippen LogP contribution in [0.1, 0.15) is 13.8 Å². The predicted octanol–water partition coefficient (Wildman–Crippen LogP) is -1.75. The Kier molecular flexibility index (Phi) is 8.56. The van der Waals surface area contributed by atoms with E-state index < -0.39 is 0 Å². The van der Waals surface area contributed by atoms with E-state index in [0.717, 1.165) is 6.54 Å². The molecule has 1 unspecified atom stereocenters. The number of hydrogen-bond donors (Lipinski definition) is 0. The number of hydrogen-bond acceptors (Lipinski definition) is 2. The molecule has 3 nitrogen and oxygen atoms in total. The monoisotopic (exact) mass is 327 g/mol. The van der Waals surface area contributed by atoms with Crippen LogP contribution in [-0.4, -0.2) is 50.7 Å². The number of Topliss-reactive ketones (excluding diaryl/α,β-unsaturated/α-hetero) is 1. The van der Waals surface area contributed by atoms with Gasteiger partial charge < -0.3 is 33.2 Å². The number of carbonyl (C=O) groups excluding carboxylic acids is 1. The number of methoxy groups -OCH3 is 1. The van der Waals surface area contributed by atoms with Crippen LogP contribution in [-0.2, 0) is 9.53 Å². The van der Waals surface area contributed by atoms with Gasteiger partial charge in [0.05, 0.1) is 20.7 Å². The first-order valence-electron chi connectivity index (χ1n) is 4.84. The van der Waals surface area contributed by atoms with Crippen molar-refractivity contribution in [3.63, 3.8) is 0 Å². The number of likely N-dealkylation sites (N-methyl/N-ethyl adjacent to an activating group) is 1. The van der Waals surface area contributed by atoms with E-state index in [0.29, 0.717) is 16.7 Å². The molecular weight excluding hydrogens is 305 g/mol. The van der Waals surface area contributed by atoms with Gasteiger partial charge in [-0.1, -0.05) is 6.58 Å². The third-order valence-corrected chi connectivity index (χ3v) is 2.72. The van der Waals surface area contributed by atoms with Crippen molar-refractivity contribution in [1.29, 1.82) is 0 Å². The number of ether oxygens (including phenoxy) is 1. The van der Waals surface area contributed by atoms with Gasteiger partial charge in [0.25, 0.3) is 0 Å². The molecule has 0 radical (unpaired) electrons. The van der Waals surface area contributed by atoms with Crippen LogP contribution in [0.5, 0.6) is 0 Å². The molecule has 4 heteroatoms. The number of quaternary nitrogens is 1. The SMILES string of the molecule is C=C(C)C(=O)C(C)[N+](C)(C)CCOC.[I-]. The highest BCUT2D eigenvalue weighted by molar-refractivity contribution is 5.97. The summed E-state index contributed by atoms with van der Waals surface area (Å²) in [5.74, 6) is 0.131. The van der Waals surface area contributed by atoms with Crippen molar-refractivity contribution in [2.24, 2.45) is 0 Å². The predicted molar refractivity (Wildman–Crippen MR) is 58.1 cm³/mol. The molecule has 0 saturated carbocycles. The van der Waals surface area contributed by atoms with E-state index in [-0.39, 0.29) is 35.8 Å². The second-order valence-corrected chi connectivity index (χ2v) is 4.32. The average Bonchev–Trinajstić information content (AvgIpc) is 2.12. The van der Waals surface area contributed by atoms with E-state index in [9.17, 15) is 4.79 Å². The van der Waals surface area contributed by atoms with Crippen molar-refractivity contribution in [2.75, 3.05) is 34.4 Å². The third-order valence-electron chi connectivity index (χ3n) is 2.72. The lowest BCUT2D eigenvalue weighted by Gasteiger charge is -2.35. The fourth-order valence-corrected chi connectivity index (χ4v) is 1.19. The van der Waals surface area contributed by atoms with Crippen molar-refractivity contribution < 1.29 is 38.0 Å². The second kappa shape index (κ2) is 7.35. The molecule has 0 fully saturated rings. The zero-order chi connectivity index (χ0) is 11.4. The van der Waals surface area contributed by atoms with Crippen LogP contribution in [0.4, 0.5) is 0 Å². The van der Waals surface area contributed by atoms with Gasteiger partial charge in [-0.3, -0.25) is 4.79 Å². The maximum Gasteiger partial charge on any atom is 0.214 e.